The fourth-order valence-corrected chi connectivity index (χ4v) is 5.09. The van der Waals surface area contributed by atoms with Crippen molar-refractivity contribution in [1.29, 1.82) is 0 Å². The van der Waals surface area contributed by atoms with E-state index in [0.29, 0.717) is 36.9 Å². The first-order valence-electron chi connectivity index (χ1n) is 13.0. The third kappa shape index (κ3) is 8.61. The van der Waals surface area contributed by atoms with Crippen molar-refractivity contribution in [3.8, 4) is 5.75 Å². The molecule has 6 atom stereocenters. The average molecular weight is 517 g/mol. The number of nitrogens with one attached hydrogen (secondary N) is 1. The van der Waals surface area contributed by atoms with E-state index < -0.39 is 24.4 Å². The van der Waals surface area contributed by atoms with Crippen LogP contribution in [0, 0.1) is 24.7 Å². The van der Waals surface area contributed by atoms with Gasteiger partial charge in [-0.1, -0.05) is 32.9 Å². The van der Waals surface area contributed by atoms with E-state index in [0.717, 1.165) is 16.7 Å². The molecule has 0 aliphatic carbocycles. The number of anilines is 1. The molecule has 1 aliphatic heterocycles. The Hall–Kier alpha value is -2.84. The van der Waals surface area contributed by atoms with Crippen molar-refractivity contribution in [1.82, 2.24) is 0 Å². The Balaban J connectivity index is 2.48. The van der Waals surface area contributed by atoms with Crippen LogP contribution in [0.15, 0.2) is 35.4 Å². The number of hydrogen-bond donors (Lipinski definition) is 4. The molecule has 1 aliphatic rings. The molecule has 0 unspecified atom stereocenters. The summed E-state index contributed by atoms with van der Waals surface area (Å²) in [7, 11) is 1.59. The molecule has 0 fully saturated rings. The number of ether oxygens (including phenoxy) is 2. The van der Waals surface area contributed by atoms with E-state index in [1.165, 1.54) is 0 Å². The number of nitrogens with two attached hydrogens (primary N) is 1. The van der Waals surface area contributed by atoms with Gasteiger partial charge in [0.1, 0.15) is 11.9 Å². The smallest absolute Gasteiger partial charge is 0.405 e. The van der Waals surface area contributed by atoms with E-state index in [1.807, 2.05) is 39.8 Å². The normalized spacial score (nSPS) is 31.4. The molecule has 8 heteroatoms. The number of allylic oxidation sites excluding steroid dienone is 1. The van der Waals surface area contributed by atoms with Crippen LogP contribution in [-0.4, -0.2) is 47.6 Å². The molecule has 0 radical (unpaired) electrons. The van der Waals surface area contributed by atoms with Crippen LogP contribution in [-0.2, 0) is 20.7 Å². The molecular weight excluding hydrogens is 472 g/mol. The minimum absolute atomic E-state index is 0.0728. The van der Waals surface area contributed by atoms with Crippen molar-refractivity contribution in [3.63, 3.8) is 0 Å². The Labute approximate surface area is 220 Å². The van der Waals surface area contributed by atoms with E-state index in [9.17, 15) is 19.8 Å². The predicted octanol–water partition coefficient (Wildman–Crippen LogP) is 5.01. The highest BCUT2D eigenvalue weighted by molar-refractivity contribution is 6.03. The van der Waals surface area contributed by atoms with Crippen molar-refractivity contribution < 1.29 is 29.3 Å². The van der Waals surface area contributed by atoms with Gasteiger partial charge in [0.15, 0.2) is 0 Å². The molecule has 0 saturated carbocycles. The molecule has 5 N–H and O–H groups in total. The van der Waals surface area contributed by atoms with E-state index in [2.05, 4.69) is 12.2 Å². The van der Waals surface area contributed by atoms with E-state index in [4.69, 9.17) is 15.2 Å². The van der Waals surface area contributed by atoms with Gasteiger partial charge in [0.05, 0.1) is 12.2 Å². The first-order chi connectivity index (χ1) is 17.3. The summed E-state index contributed by atoms with van der Waals surface area (Å²) >= 11 is 0. The van der Waals surface area contributed by atoms with Gasteiger partial charge < -0.3 is 30.7 Å². The average Bonchev–Trinajstić information content (AvgIpc) is 2.82. The van der Waals surface area contributed by atoms with Gasteiger partial charge in [-0.05, 0) is 81.1 Å². The first kappa shape index (κ1) is 30.4. The highest BCUT2D eigenvalue weighted by Crippen LogP contribution is 2.30. The van der Waals surface area contributed by atoms with Gasteiger partial charge in [-0.3, -0.25) is 4.79 Å². The molecule has 1 aromatic carbocycles. The fraction of sp³-hybridized carbons (Fsp3) is 0.586. The molecule has 2 amide bonds. The zero-order chi connectivity index (χ0) is 27.9. The van der Waals surface area contributed by atoms with Gasteiger partial charge in [-0.25, -0.2) is 4.79 Å². The summed E-state index contributed by atoms with van der Waals surface area (Å²) in [6.45, 7) is 11.5. The van der Waals surface area contributed by atoms with Gasteiger partial charge in [0.2, 0.25) is 0 Å². The topological polar surface area (TPSA) is 131 Å². The second-order valence-electron chi connectivity index (χ2n) is 10.6. The lowest BCUT2D eigenvalue weighted by molar-refractivity contribution is -0.112. The van der Waals surface area contributed by atoms with Crippen LogP contribution in [0.2, 0.25) is 0 Å². The van der Waals surface area contributed by atoms with E-state index >= 15 is 0 Å². The predicted molar refractivity (Wildman–Crippen MR) is 145 cm³/mol. The first-order valence-corrected chi connectivity index (χ1v) is 13.0. The van der Waals surface area contributed by atoms with E-state index in [1.54, 1.807) is 26.2 Å². The Morgan fingerprint density at radius 2 is 1.84 bits per heavy atom. The second kappa shape index (κ2) is 13.6. The quantitative estimate of drug-likeness (QED) is 0.409. The lowest BCUT2D eigenvalue weighted by Gasteiger charge is -2.29. The van der Waals surface area contributed by atoms with Crippen LogP contribution in [0.5, 0.6) is 5.75 Å². The highest BCUT2D eigenvalue weighted by atomic mass is 16.6. The third-order valence-corrected chi connectivity index (χ3v) is 7.34. The molecule has 2 rings (SSSR count). The molecule has 0 saturated heterocycles. The highest BCUT2D eigenvalue weighted by Gasteiger charge is 2.28. The Kier molecular flexibility index (Phi) is 11.2. The Bertz CT molecular complexity index is 1020. The molecule has 37 heavy (non-hydrogen) atoms. The maximum atomic E-state index is 12.9. The number of primary amides is 1. The van der Waals surface area contributed by atoms with Gasteiger partial charge in [0.25, 0.3) is 5.91 Å². The molecule has 8 nitrogen and oxygen atoms in total. The number of aromatic hydroxyl groups is 1. The standard InChI is InChI=1S/C29H44N2O6/c1-16-11-22-14-23(32)15-24(21(22)6)31-28(34)18(3)10-8-9-17(2)27(37-29(30)35)20(5)13-19(4)26(33)25(12-16)36-7/h10,13-17,19,25-27,32-33H,8-9,11-12H2,1-7H3,(H2,30,35)(H,31,34)/b18-10+,20-13+/t16-,17+,19+,25+,26-,27-/m1/s1. The Morgan fingerprint density at radius 1 is 1.16 bits per heavy atom. The van der Waals surface area contributed by atoms with Gasteiger partial charge in [0, 0.05) is 30.4 Å². The van der Waals surface area contributed by atoms with Crippen molar-refractivity contribution in [2.45, 2.75) is 85.5 Å². The number of rotatable bonds is 2. The summed E-state index contributed by atoms with van der Waals surface area (Å²) in [5.74, 6) is -0.367. The van der Waals surface area contributed by atoms with Crippen molar-refractivity contribution >= 4 is 17.7 Å². The number of phenolic OH excluding ortho intramolecular Hbond substituents is 1. The summed E-state index contributed by atoms with van der Waals surface area (Å²) in [5.41, 5.74) is 9.12. The van der Waals surface area contributed by atoms with E-state index in [-0.39, 0.29) is 29.4 Å². The summed E-state index contributed by atoms with van der Waals surface area (Å²) in [6.07, 6.45) is 3.64. The van der Waals surface area contributed by atoms with Crippen LogP contribution in [0.1, 0.15) is 65.0 Å². The SMILES string of the molecule is CO[C@H]1C[C@H](C)Cc2cc(O)cc(c2C)NC(=O)/C(C)=C/CC[C@H](C)[C@@H](OC(N)=O)/C(C)=C/[C@H](C)[C@H]1O. The number of benzene rings is 1. The fourth-order valence-electron chi connectivity index (χ4n) is 5.09. The molecule has 0 spiro atoms. The van der Waals surface area contributed by atoms with Gasteiger partial charge >= 0.3 is 6.09 Å². The molecule has 0 aromatic heterocycles. The maximum Gasteiger partial charge on any atom is 0.405 e. The van der Waals surface area contributed by atoms with Crippen LogP contribution in [0.25, 0.3) is 0 Å². The summed E-state index contributed by atoms with van der Waals surface area (Å²) in [4.78, 5) is 24.5. The van der Waals surface area contributed by atoms with Crippen molar-refractivity contribution in [3.05, 3.63) is 46.6 Å². The summed E-state index contributed by atoms with van der Waals surface area (Å²) in [6, 6.07) is 3.28. The van der Waals surface area contributed by atoms with Crippen molar-refractivity contribution in [2.24, 2.45) is 23.5 Å². The van der Waals surface area contributed by atoms with Crippen LogP contribution in [0.4, 0.5) is 10.5 Å². The number of aliphatic hydroxyl groups excluding tert-OH is 1. The summed E-state index contributed by atoms with van der Waals surface area (Å²) in [5, 5.41) is 24.4. The van der Waals surface area contributed by atoms with Crippen LogP contribution < -0.4 is 11.1 Å². The third-order valence-electron chi connectivity index (χ3n) is 7.34. The lowest BCUT2D eigenvalue weighted by atomic mass is 9.86. The monoisotopic (exact) mass is 516 g/mol. The van der Waals surface area contributed by atoms with Crippen molar-refractivity contribution in [2.75, 3.05) is 12.4 Å². The number of carbonyl (C=O) groups is 2. The number of carbonyl (C=O) groups excluding carboxylic acids is 2. The number of phenols is 1. The minimum Gasteiger partial charge on any atom is -0.508 e. The zero-order valence-corrected chi connectivity index (χ0v) is 23.2. The second-order valence-corrected chi connectivity index (χ2v) is 10.6. The van der Waals surface area contributed by atoms with Gasteiger partial charge in [-0.15, -0.1) is 0 Å². The molecular formula is C29H44N2O6. The molecule has 1 aromatic rings. The largest absolute Gasteiger partial charge is 0.508 e. The minimum atomic E-state index is -0.855. The molecule has 2 bridgehead atoms. The number of methoxy groups -OCH3 is 1. The lowest BCUT2D eigenvalue weighted by Crippen LogP contribution is -2.35. The molecule has 206 valence electrons. The molecule has 1 heterocycles. The number of amides is 2. The number of aliphatic hydroxyl groups is 1. The number of hydrogen-bond acceptors (Lipinski definition) is 6. The Morgan fingerprint density at radius 3 is 2.46 bits per heavy atom. The zero-order valence-electron chi connectivity index (χ0n) is 23.2. The van der Waals surface area contributed by atoms with Crippen LogP contribution in [0.3, 0.4) is 0 Å². The maximum absolute atomic E-state index is 12.9. The van der Waals surface area contributed by atoms with Crippen LogP contribution >= 0.6 is 0 Å². The number of fused-ring (bicyclic) bond motifs is 2. The summed E-state index contributed by atoms with van der Waals surface area (Å²) < 4.78 is 11.1. The van der Waals surface area contributed by atoms with Gasteiger partial charge in [-0.2, -0.15) is 0 Å².